The summed E-state index contributed by atoms with van der Waals surface area (Å²) in [5.41, 5.74) is 2.26. The van der Waals surface area contributed by atoms with Crippen LogP contribution in [0.5, 0.6) is 0 Å². The molecule has 1 saturated heterocycles. The van der Waals surface area contributed by atoms with E-state index >= 15 is 0 Å². The van der Waals surface area contributed by atoms with Crippen LogP contribution in [-0.4, -0.2) is 35.7 Å². The number of fused-ring (bicyclic) bond motifs is 1. The Balaban J connectivity index is 1.56. The first-order chi connectivity index (χ1) is 10.8. The Hall–Kier alpha value is -1.26. The van der Waals surface area contributed by atoms with Crippen LogP contribution in [0.25, 0.3) is 0 Å². The van der Waals surface area contributed by atoms with Gasteiger partial charge in [-0.05, 0) is 63.3 Å². The third-order valence-corrected chi connectivity index (χ3v) is 4.69. The van der Waals surface area contributed by atoms with Crippen molar-refractivity contribution >= 4 is 17.7 Å². The van der Waals surface area contributed by atoms with Crippen LogP contribution >= 0.6 is 11.6 Å². The SMILES string of the molecule is CC(C)(C)OC(=O)N1CCC(NC2CCc3cc(Cl)ccc32)C1. The van der Waals surface area contributed by atoms with Gasteiger partial charge in [0.25, 0.3) is 0 Å². The van der Waals surface area contributed by atoms with Gasteiger partial charge in [-0.15, -0.1) is 0 Å². The molecule has 0 saturated carbocycles. The third kappa shape index (κ3) is 3.99. The molecule has 1 amide bonds. The molecular weight excluding hydrogens is 312 g/mol. The van der Waals surface area contributed by atoms with Crippen molar-refractivity contribution in [2.45, 2.75) is 57.7 Å². The average Bonchev–Trinajstić information content (AvgIpc) is 3.05. The second-order valence-electron chi connectivity index (χ2n) is 7.51. The van der Waals surface area contributed by atoms with Crippen molar-refractivity contribution in [3.05, 3.63) is 34.3 Å². The molecule has 1 fully saturated rings. The van der Waals surface area contributed by atoms with Crippen LogP contribution in [0.2, 0.25) is 5.02 Å². The van der Waals surface area contributed by atoms with E-state index in [4.69, 9.17) is 16.3 Å². The predicted octanol–water partition coefficient (Wildman–Crippen LogP) is 3.93. The molecule has 126 valence electrons. The molecule has 3 rings (SSSR count). The smallest absolute Gasteiger partial charge is 0.410 e. The van der Waals surface area contributed by atoms with Crippen molar-refractivity contribution in [3.8, 4) is 0 Å². The van der Waals surface area contributed by atoms with Gasteiger partial charge in [0.2, 0.25) is 0 Å². The zero-order valence-electron chi connectivity index (χ0n) is 14.1. The van der Waals surface area contributed by atoms with Gasteiger partial charge >= 0.3 is 6.09 Å². The number of likely N-dealkylation sites (tertiary alicyclic amines) is 1. The summed E-state index contributed by atoms with van der Waals surface area (Å²) in [5.74, 6) is 0. The van der Waals surface area contributed by atoms with Crippen LogP contribution in [0.15, 0.2) is 18.2 Å². The second-order valence-corrected chi connectivity index (χ2v) is 7.95. The maximum absolute atomic E-state index is 12.1. The fourth-order valence-corrected chi connectivity index (χ4v) is 3.63. The molecule has 0 spiro atoms. The van der Waals surface area contributed by atoms with Crippen LogP contribution in [0.4, 0.5) is 4.79 Å². The highest BCUT2D eigenvalue weighted by Gasteiger charge is 2.32. The predicted molar refractivity (Wildman–Crippen MR) is 91.9 cm³/mol. The molecule has 4 nitrogen and oxygen atoms in total. The van der Waals surface area contributed by atoms with Gasteiger partial charge in [0, 0.05) is 30.2 Å². The van der Waals surface area contributed by atoms with Crippen molar-refractivity contribution < 1.29 is 9.53 Å². The molecule has 1 aromatic carbocycles. The average molecular weight is 337 g/mol. The zero-order valence-corrected chi connectivity index (χ0v) is 14.8. The largest absolute Gasteiger partial charge is 0.444 e. The van der Waals surface area contributed by atoms with E-state index in [1.165, 1.54) is 11.1 Å². The van der Waals surface area contributed by atoms with Crippen LogP contribution in [0.3, 0.4) is 0 Å². The van der Waals surface area contributed by atoms with Crippen LogP contribution in [-0.2, 0) is 11.2 Å². The van der Waals surface area contributed by atoms with Gasteiger partial charge in [0.1, 0.15) is 5.60 Å². The summed E-state index contributed by atoms with van der Waals surface area (Å²) in [5, 5.41) is 4.52. The minimum atomic E-state index is -0.438. The molecule has 2 aliphatic rings. The Morgan fingerprint density at radius 2 is 2.13 bits per heavy atom. The monoisotopic (exact) mass is 336 g/mol. The summed E-state index contributed by atoms with van der Waals surface area (Å²) in [6, 6.07) is 6.85. The number of carbonyl (C=O) groups excluding carboxylic acids is 1. The first kappa shape index (κ1) is 16.6. The number of nitrogens with zero attached hydrogens (tertiary/aromatic N) is 1. The maximum Gasteiger partial charge on any atom is 0.410 e. The first-order valence-electron chi connectivity index (χ1n) is 8.34. The number of carbonyl (C=O) groups is 1. The maximum atomic E-state index is 12.1. The van der Waals surface area contributed by atoms with Gasteiger partial charge in [-0.1, -0.05) is 17.7 Å². The van der Waals surface area contributed by atoms with Crippen molar-refractivity contribution in [1.82, 2.24) is 10.2 Å². The molecule has 0 aromatic heterocycles. The highest BCUT2D eigenvalue weighted by molar-refractivity contribution is 6.30. The second kappa shape index (κ2) is 6.33. The topological polar surface area (TPSA) is 41.6 Å². The quantitative estimate of drug-likeness (QED) is 0.889. The number of halogens is 1. The molecule has 1 aromatic rings. The Kier molecular flexibility index (Phi) is 4.56. The minimum Gasteiger partial charge on any atom is -0.444 e. The van der Waals surface area contributed by atoms with E-state index in [1.54, 1.807) is 4.90 Å². The Bertz CT molecular complexity index is 597. The molecule has 1 N–H and O–H groups in total. The molecule has 0 radical (unpaired) electrons. The van der Waals surface area contributed by atoms with Crippen LogP contribution in [0.1, 0.15) is 50.8 Å². The van der Waals surface area contributed by atoms with Crippen LogP contribution < -0.4 is 5.32 Å². The summed E-state index contributed by atoms with van der Waals surface area (Å²) in [7, 11) is 0. The lowest BCUT2D eigenvalue weighted by molar-refractivity contribution is 0.0290. The number of benzene rings is 1. The molecule has 2 unspecified atom stereocenters. The first-order valence-corrected chi connectivity index (χ1v) is 8.72. The fraction of sp³-hybridized carbons (Fsp3) is 0.611. The van der Waals surface area contributed by atoms with E-state index < -0.39 is 5.60 Å². The Labute approximate surface area is 143 Å². The van der Waals surface area contributed by atoms with E-state index in [0.29, 0.717) is 18.6 Å². The molecule has 1 aliphatic heterocycles. The van der Waals surface area contributed by atoms with E-state index in [2.05, 4.69) is 17.4 Å². The number of nitrogens with one attached hydrogen (secondary N) is 1. The molecular formula is C18H25ClN2O2. The Morgan fingerprint density at radius 1 is 1.35 bits per heavy atom. The summed E-state index contributed by atoms with van der Waals surface area (Å²) in [4.78, 5) is 13.9. The highest BCUT2D eigenvalue weighted by atomic mass is 35.5. The van der Waals surface area contributed by atoms with E-state index in [0.717, 1.165) is 30.8 Å². The van der Waals surface area contributed by atoms with Gasteiger partial charge < -0.3 is 15.0 Å². The summed E-state index contributed by atoms with van der Waals surface area (Å²) >= 11 is 6.07. The van der Waals surface area contributed by atoms with E-state index in [-0.39, 0.29) is 6.09 Å². The molecule has 5 heteroatoms. The van der Waals surface area contributed by atoms with Gasteiger partial charge in [-0.25, -0.2) is 4.79 Å². The van der Waals surface area contributed by atoms with E-state index in [9.17, 15) is 4.79 Å². The number of amides is 1. The van der Waals surface area contributed by atoms with E-state index in [1.807, 2.05) is 26.8 Å². The van der Waals surface area contributed by atoms with Gasteiger partial charge in [0.15, 0.2) is 0 Å². The van der Waals surface area contributed by atoms with Gasteiger partial charge in [-0.3, -0.25) is 0 Å². The standard InChI is InChI=1S/C18H25ClN2O2/c1-18(2,3)23-17(22)21-9-8-14(11-21)20-16-7-4-12-10-13(19)5-6-15(12)16/h5-6,10,14,16,20H,4,7-9,11H2,1-3H3. The van der Waals surface area contributed by atoms with Gasteiger partial charge in [-0.2, -0.15) is 0 Å². The number of rotatable bonds is 2. The number of hydrogen-bond donors (Lipinski definition) is 1. The highest BCUT2D eigenvalue weighted by Crippen LogP contribution is 2.33. The molecule has 1 heterocycles. The lowest BCUT2D eigenvalue weighted by Crippen LogP contribution is -2.39. The molecule has 23 heavy (non-hydrogen) atoms. The summed E-state index contributed by atoms with van der Waals surface area (Å²) < 4.78 is 5.45. The number of hydrogen-bond acceptors (Lipinski definition) is 3. The lowest BCUT2D eigenvalue weighted by Gasteiger charge is -2.25. The fourth-order valence-electron chi connectivity index (χ4n) is 3.43. The van der Waals surface area contributed by atoms with Crippen molar-refractivity contribution in [2.75, 3.05) is 13.1 Å². The molecule has 2 atom stereocenters. The zero-order chi connectivity index (χ0) is 16.6. The number of ether oxygens (including phenoxy) is 1. The summed E-state index contributed by atoms with van der Waals surface area (Å²) in [6.45, 7) is 7.17. The number of aryl methyl sites for hydroxylation is 1. The van der Waals surface area contributed by atoms with Crippen molar-refractivity contribution in [2.24, 2.45) is 0 Å². The van der Waals surface area contributed by atoms with Gasteiger partial charge in [0.05, 0.1) is 0 Å². The third-order valence-electron chi connectivity index (χ3n) is 4.46. The molecule has 1 aliphatic carbocycles. The summed E-state index contributed by atoms with van der Waals surface area (Å²) in [6.07, 6.45) is 2.92. The normalized spacial score (nSPS) is 23.9. The minimum absolute atomic E-state index is 0.208. The van der Waals surface area contributed by atoms with Crippen molar-refractivity contribution in [3.63, 3.8) is 0 Å². The van der Waals surface area contributed by atoms with Crippen LogP contribution in [0, 0.1) is 0 Å². The molecule has 0 bridgehead atoms. The van der Waals surface area contributed by atoms with Crippen molar-refractivity contribution in [1.29, 1.82) is 0 Å². The lowest BCUT2D eigenvalue weighted by atomic mass is 10.1. The Morgan fingerprint density at radius 3 is 2.87 bits per heavy atom.